The van der Waals surface area contributed by atoms with E-state index >= 15 is 0 Å². The van der Waals surface area contributed by atoms with E-state index in [0.717, 1.165) is 53.9 Å². The molecule has 7 heteroatoms. The van der Waals surface area contributed by atoms with Crippen molar-refractivity contribution in [3.63, 3.8) is 0 Å². The fourth-order valence-electron chi connectivity index (χ4n) is 5.69. The minimum Gasteiger partial charge on any atom is -0.497 e. The Hall–Kier alpha value is -3.81. The van der Waals surface area contributed by atoms with Crippen LogP contribution in [-0.2, 0) is 32.7 Å². The molecule has 1 unspecified atom stereocenters. The third kappa shape index (κ3) is 3.81. The molecule has 0 fully saturated rings. The van der Waals surface area contributed by atoms with Crippen LogP contribution in [0.15, 0.2) is 60.7 Å². The van der Waals surface area contributed by atoms with Crippen LogP contribution in [0.5, 0.6) is 11.5 Å². The molecule has 0 spiro atoms. The Morgan fingerprint density at radius 1 is 1.06 bits per heavy atom. The highest BCUT2D eigenvalue weighted by Gasteiger charge is 2.35. The highest BCUT2D eigenvalue weighted by Crippen LogP contribution is 2.43. The van der Waals surface area contributed by atoms with E-state index in [1.54, 1.807) is 31.4 Å². The van der Waals surface area contributed by atoms with Crippen LogP contribution in [0.1, 0.15) is 44.3 Å². The number of nitrogens with zero attached hydrogens (tertiary/aromatic N) is 2. The largest absolute Gasteiger partial charge is 0.497 e. The number of carbonyl (C=O) groups is 1. The van der Waals surface area contributed by atoms with Gasteiger partial charge in [0.2, 0.25) is 0 Å². The lowest BCUT2D eigenvalue weighted by molar-refractivity contribution is 0.0697. The molecule has 0 saturated heterocycles. The number of ether oxygens (including phenoxy) is 2. The zero-order valence-electron chi connectivity index (χ0n) is 20.1. The van der Waals surface area contributed by atoms with Gasteiger partial charge < -0.3 is 24.3 Å². The molecule has 2 aliphatic rings. The Bertz CT molecular complexity index is 1460. The minimum absolute atomic E-state index is 0.0430. The summed E-state index contributed by atoms with van der Waals surface area (Å²) in [6.07, 6.45) is 1.84. The third-order valence-electron chi connectivity index (χ3n) is 7.58. The first-order valence-corrected chi connectivity index (χ1v) is 12.2. The molecule has 1 aromatic heterocycles. The van der Waals surface area contributed by atoms with Crippen molar-refractivity contribution in [2.45, 2.75) is 38.8 Å². The molecule has 4 aromatic rings. The van der Waals surface area contributed by atoms with E-state index in [0.29, 0.717) is 6.61 Å². The molecule has 0 saturated carbocycles. The van der Waals surface area contributed by atoms with Gasteiger partial charge >= 0.3 is 5.97 Å². The van der Waals surface area contributed by atoms with Crippen LogP contribution in [0.2, 0.25) is 0 Å². The van der Waals surface area contributed by atoms with E-state index in [9.17, 15) is 9.90 Å². The molecular formula is C29H28N2O5. The minimum atomic E-state index is -0.932. The van der Waals surface area contributed by atoms with E-state index in [1.807, 2.05) is 22.8 Å². The molecule has 1 atom stereocenters. The van der Waals surface area contributed by atoms with Crippen LogP contribution >= 0.6 is 0 Å². The number of aromatic carboxylic acids is 1. The van der Waals surface area contributed by atoms with Gasteiger partial charge in [0.15, 0.2) is 0 Å². The summed E-state index contributed by atoms with van der Waals surface area (Å²) in [6, 6.07) is 19.4. The van der Waals surface area contributed by atoms with E-state index in [2.05, 4.69) is 23.1 Å². The molecule has 0 amide bonds. The summed E-state index contributed by atoms with van der Waals surface area (Å²) in [6.45, 7) is 2.10. The smallest absolute Gasteiger partial charge is 0.335 e. The van der Waals surface area contributed by atoms with Gasteiger partial charge in [-0.05, 0) is 77.6 Å². The Kier molecular flexibility index (Phi) is 5.66. The van der Waals surface area contributed by atoms with Crippen LogP contribution in [0, 0.1) is 0 Å². The van der Waals surface area contributed by atoms with E-state index in [-0.39, 0.29) is 18.3 Å². The van der Waals surface area contributed by atoms with Crippen LogP contribution in [-0.4, -0.2) is 39.3 Å². The van der Waals surface area contributed by atoms with Crippen LogP contribution in [0.25, 0.3) is 10.9 Å². The van der Waals surface area contributed by atoms with Gasteiger partial charge in [-0.15, -0.1) is 0 Å². The molecule has 0 bridgehead atoms. The molecule has 6 rings (SSSR count). The number of aromatic nitrogens is 1. The second-order valence-corrected chi connectivity index (χ2v) is 9.47. The predicted octanol–water partition coefficient (Wildman–Crippen LogP) is 4.53. The van der Waals surface area contributed by atoms with Gasteiger partial charge in [0.1, 0.15) is 24.8 Å². The predicted molar refractivity (Wildman–Crippen MR) is 135 cm³/mol. The molecule has 7 nitrogen and oxygen atoms in total. The lowest BCUT2D eigenvalue weighted by Gasteiger charge is -2.41. The maximum atomic E-state index is 11.1. The van der Waals surface area contributed by atoms with Crippen molar-refractivity contribution in [2.75, 3.05) is 13.7 Å². The van der Waals surface area contributed by atoms with Gasteiger partial charge in [0.05, 0.1) is 18.2 Å². The fraction of sp³-hybridized carbons (Fsp3) is 0.276. The molecule has 0 radical (unpaired) electrons. The van der Waals surface area contributed by atoms with Gasteiger partial charge in [0, 0.05) is 30.2 Å². The Morgan fingerprint density at radius 3 is 2.61 bits per heavy atom. The van der Waals surface area contributed by atoms with Crippen LogP contribution in [0.4, 0.5) is 0 Å². The molecule has 3 aromatic carbocycles. The Labute approximate surface area is 209 Å². The molecule has 184 valence electrons. The molecule has 36 heavy (non-hydrogen) atoms. The monoisotopic (exact) mass is 484 g/mol. The van der Waals surface area contributed by atoms with E-state index < -0.39 is 5.97 Å². The first-order chi connectivity index (χ1) is 17.6. The van der Waals surface area contributed by atoms with Crippen molar-refractivity contribution in [1.82, 2.24) is 9.47 Å². The zero-order valence-corrected chi connectivity index (χ0v) is 20.1. The van der Waals surface area contributed by atoms with Gasteiger partial charge in [-0.3, -0.25) is 4.90 Å². The van der Waals surface area contributed by atoms with Gasteiger partial charge in [-0.25, -0.2) is 4.79 Å². The van der Waals surface area contributed by atoms with E-state index in [4.69, 9.17) is 14.6 Å². The summed E-state index contributed by atoms with van der Waals surface area (Å²) in [5, 5.41) is 20.4. The number of fused-ring (bicyclic) bond motifs is 6. The summed E-state index contributed by atoms with van der Waals surface area (Å²) in [5.41, 5.74) is 7.32. The van der Waals surface area contributed by atoms with Crippen molar-refractivity contribution >= 4 is 16.9 Å². The standard InChI is InChI=1S/C29H28N2O5/c1-35-21-8-9-26-24(12-21)25-14-27-23-13-22(36-16-18-2-4-20(5-3-18)29(33)34)7-6-19(23)10-11-30(27)15-28(25)31(26)17-32/h2-9,12-13,27,32H,10-11,14-17H2,1H3,(H,33,34). The van der Waals surface area contributed by atoms with Crippen molar-refractivity contribution < 1.29 is 24.5 Å². The number of hydrogen-bond donors (Lipinski definition) is 2. The normalized spacial score (nSPS) is 16.8. The highest BCUT2D eigenvalue weighted by molar-refractivity contribution is 5.88. The second-order valence-electron chi connectivity index (χ2n) is 9.47. The number of aliphatic hydroxyl groups is 1. The molecule has 3 heterocycles. The average molecular weight is 485 g/mol. The number of rotatable bonds is 6. The average Bonchev–Trinajstić information content (AvgIpc) is 3.22. The third-order valence-corrected chi connectivity index (χ3v) is 7.58. The summed E-state index contributed by atoms with van der Waals surface area (Å²) < 4.78 is 13.6. The SMILES string of the molecule is COc1ccc2c(c1)c1c(n2CO)CN2CCc3ccc(OCc4ccc(C(=O)O)cc4)cc3C2C1. The van der Waals surface area contributed by atoms with Crippen molar-refractivity contribution in [2.24, 2.45) is 0 Å². The fourth-order valence-corrected chi connectivity index (χ4v) is 5.69. The molecule has 2 N–H and O–H groups in total. The second kappa shape index (κ2) is 9.00. The summed E-state index contributed by atoms with van der Waals surface area (Å²) in [5.74, 6) is 0.694. The molecule has 2 aliphatic heterocycles. The van der Waals surface area contributed by atoms with Gasteiger partial charge in [-0.1, -0.05) is 18.2 Å². The van der Waals surface area contributed by atoms with Crippen molar-refractivity contribution in [3.8, 4) is 11.5 Å². The summed E-state index contributed by atoms with van der Waals surface area (Å²) in [4.78, 5) is 13.6. The number of methoxy groups -OCH3 is 1. The van der Waals surface area contributed by atoms with Crippen LogP contribution in [0.3, 0.4) is 0 Å². The number of benzene rings is 3. The van der Waals surface area contributed by atoms with Crippen molar-refractivity contribution in [1.29, 1.82) is 0 Å². The Balaban J connectivity index is 1.30. The summed E-state index contributed by atoms with van der Waals surface area (Å²) in [7, 11) is 1.68. The Morgan fingerprint density at radius 2 is 1.86 bits per heavy atom. The van der Waals surface area contributed by atoms with Gasteiger partial charge in [-0.2, -0.15) is 0 Å². The maximum Gasteiger partial charge on any atom is 0.335 e. The summed E-state index contributed by atoms with van der Waals surface area (Å²) >= 11 is 0. The lowest BCUT2D eigenvalue weighted by Crippen LogP contribution is -2.39. The van der Waals surface area contributed by atoms with Crippen LogP contribution < -0.4 is 9.47 Å². The molecule has 0 aliphatic carbocycles. The highest BCUT2D eigenvalue weighted by atomic mass is 16.5. The zero-order chi connectivity index (χ0) is 24.8. The van der Waals surface area contributed by atoms with Gasteiger partial charge in [0.25, 0.3) is 0 Å². The first-order valence-electron chi connectivity index (χ1n) is 12.2. The topological polar surface area (TPSA) is 84.2 Å². The van der Waals surface area contributed by atoms with Crippen molar-refractivity contribution in [3.05, 3.63) is 94.2 Å². The number of hydrogen-bond acceptors (Lipinski definition) is 5. The number of carboxylic acids is 1. The molecular weight excluding hydrogens is 456 g/mol. The number of aliphatic hydroxyl groups excluding tert-OH is 1. The quantitative estimate of drug-likeness (QED) is 0.418. The first kappa shape index (κ1) is 22.6. The number of carboxylic acid groups (broad SMARTS) is 1. The van der Waals surface area contributed by atoms with E-state index in [1.165, 1.54) is 22.4 Å². The maximum absolute atomic E-state index is 11.1. The lowest BCUT2D eigenvalue weighted by atomic mass is 9.85.